The van der Waals surface area contributed by atoms with Crippen molar-refractivity contribution >= 4 is 43.2 Å². The van der Waals surface area contributed by atoms with Crippen LogP contribution in [0, 0.1) is 13.8 Å². The molecule has 8 rings (SSSR count). The fourth-order valence-electron chi connectivity index (χ4n) is 6.42. The Hall–Kier alpha value is -5.08. The molecule has 0 aliphatic carbocycles. The maximum atomic E-state index is 4.88. The molecule has 0 saturated heterocycles. The molecule has 0 N–H and O–H groups in total. The van der Waals surface area contributed by atoms with Crippen LogP contribution in [-0.2, 0) is 0 Å². The molecule has 0 bridgehead atoms. The maximum absolute atomic E-state index is 4.88. The van der Waals surface area contributed by atoms with Crippen LogP contribution in [0.15, 0.2) is 122 Å². The lowest BCUT2D eigenvalue weighted by Gasteiger charge is -2.19. The number of pyridine rings is 2. The standard InChI is InChI=1S/C38H26N2/c1-23-7-3-5-9-30(23)36-24(2)19-27-13-16-32-31(15-11-25-12-17-33(36)38(27)37(25)32)28-14-18-35(39-21-28)29-20-26-8-4-6-10-34(26)40-22-29/h3-22H,1-2H3. The number of fused-ring (bicyclic) bond motifs is 1. The zero-order chi connectivity index (χ0) is 26.8. The van der Waals surface area contributed by atoms with Gasteiger partial charge in [0.1, 0.15) is 0 Å². The Morgan fingerprint density at radius 3 is 2.10 bits per heavy atom. The molecule has 2 aromatic heterocycles. The van der Waals surface area contributed by atoms with Crippen LogP contribution in [0.4, 0.5) is 0 Å². The minimum Gasteiger partial charge on any atom is -0.256 e. The topological polar surface area (TPSA) is 25.8 Å². The van der Waals surface area contributed by atoms with Gasteiger partial charge >= 0.3 is 0 Å². The summed E-state index contributed by atoms with van der Waals surface area (Å²) in [4.78, 5) is 9.50. The van der Waals surface area contributed by atoms with Gasteiger partial charge in [-0.15, -0.1) is 0 Å². The van der Waals surface area contributed by atoms with Crippen LogP contribution in [-0.4, -0.2) is 9.97 Å². The molecule has 0 fully saturated rings. The largest absolute Gasteiger partial charge is 0.256 e. The average molecular weight is 511 g/mol. The average Bonchev–Trinajstić information content (AvgIpc) is 3.00. The van der Waals surface area contributed by atoms with Gasteiger partial charge in [0, 0.05) is 28.9 Å². The third-order valence-electron chi connectivity index (χ3n) is 8.36. The van der Waals surface area contributed by atoms with Crippen LogP contribution in [0.5, 0.6) is 0 Å². The van der Waals surface area contributed by atoms with Crippen LogP contribution in [0.25, 0.3) is 76.7 Å². The highest BCUT2D eigenvalue weighted by atomic mass is 14.7. The van der Waals surface area contributed by atoms with E-state index < -0.39 is 0 Å². The van der Waals surface area contributed by atoms with E-state index in [2.05, 4.69) is 110 Å². The zero-order valence-corrected chi connectivity index (χ0v) is 22.4. The van der Waals surface area contributed by atoms with Gasteiger partial charge in [0.05, 0.1) is 11.2 Å². The van der Waals surface area contributed by atoms with Gasteiger partial charge < -0.3 is 0 Å². The number of aryl methyl sites for hydroxylation is 2. The van der Waals surface area contributed by atoms with Gasteiger partial charge in [0.2, 0.25) is 0 Å². The smallest absolute Gasteiger partial charge is 0.0718 e. The van der Waals surface area contributed by atoms with E-state index in [-0.39, 0.29) is 0 Å². The van der Waals surface area contributed by atoms with Crippen molar-refractivity contribution in [2.75, 3.05) is 0 Å². The molecule has 8 aromatic rings. The van der Waals surface area contributed by atoms with Crippen molar-refractivity contribution < 1.29 is 0 Å². The van der Waals surface area contributed by atoms with Gasteiger partial charge in [0.15, 0.2) is 0 Å². The number of hydrogen-bond donors (Lipinski definition) is 0. The van der Waals surface area contributed by atoms with Crippen molar-refractivity contribution in [3.05, 3.63) is 133 Å². The van der Waals surface area contributed by atoms with Gasteiger partial charge in [-0.25, -0.2) is 0 Å². The Balaban J connectivity index is 1.31. The summed E-state index contributed by atoms with van der Waals surface area (Å²) in [6, 6.07) is 39.4. The lowest BCUT2D eigenvalue weighted by Crippen LogP contribution is -1.93. The Labute approximate surface area is 232 Å². The van der Waals surface area contributed by atoms with E-state index in [1.54, 1.807) is 0 Å². The van der Waals surface area contributed by atoms with E-state index >= 15 is 0 Å². The predicted octanol–water partition coefficient (Wildman–Crippen LogP) is 10.1. The number of hydrogen-bond acceptors (Lipinski definition) is 2. The summed E-state index contributed by atoms with van der Waals surface area (Å²) in [5.74, 6) is 0. The molecule has 6 aromatic carbocycles. The number of rotatable bonds is 3. The quantitative estimate of drug-likeness (QED) is 0.221. The summed E-state index contributed by atoms with van der Waals surface area (Å²) in [5, 5.41) is 8.92. The molecular formula is C38H26N2. The molecule has 2 heteroatoms. The SMILES string of the molecule is Cc1ccccc1-c1c(C)cc2ccc3c(-c4ccc(-c5cnc6ccccc6c5)nc4)ccc4ccc1c2c43. The third-order valence-corrected chi connectivity index (χ3v) is 8.36. The normalized spacial score (nSPS) is 11.8. The van der Waals surface area contributed by atoms with Crippen molar-refractivity contribution in [2.45, 2.75) is 13.8 Å². The fraction of sp³-hybridized carbons (Fsp3) is 0.0526. The first kappa shape index (κ1) is 22.9. The molecule has 40 heavy (non-hydrogen) atoms. The van der Waals surface area contributed by atoms with Crippen molar-refractivity contribution in [1.29, 1.82) is 0 Å². The van der Waals surface area contributed by atoms with Crippen molar-refractivity contribution in [2.24, 2.45) is 0 Å². The molecule has 0 aliphatic heterocycles. The van der Waals surface area contributed by atoms with Gasteiger partial charge in [-0.2, -0.15) is 0 Å². The van der Waals surface area contributed by atoms with Crippen LogP contribution >= 0.6 is 0 Å². The van der Waals surface area contributed by atoms with E-state index in [4.69, 9.17) is 4.98 Å². The Morgan fingerprint density at radius 1 is 0.475 bits per heavy atom. The molecule has 0 saturated carbocycles. The maximum Gasteiger partial charge on any atom is 0.0718 e. The van der Waals surface area contributed by atoms with Crippen LogP contribution < -0.4 is 0 Å². The first-order valence-electron chi connectivity index (χ1n) is 13.7. The molecule has 2 heterocycles. The van der Waals surface area contributed by atoms with E-state index in [0.717, 1.165) is 27.7 Å². The first-order valence-corrected chi connectivity index (χ1v) is 13.7. The first-order chi connectivity index (χ1) is 19.7. The summed E-state index contributed by atoms with van der Waals surface area (Å²) in [7, 11) is 0. The van der Waals surface area contributed by atoms with Crippen molar-refractivity contribution in [1.82, 2.24) is 9.97 Å². The molecule has 0 spiro atoms. The van der Waals surface area contributed by atoms with E-state index in [1.807, 2.05) is 30.6 Å². The van der Waals surface area contributed by atoms with Gasteiger partial charge in [-0.1, -0.05) is 91.0 Å². The second-order valence-electron chi connectivity index (χ2n) is 10.8. The summed E-state index contributed by atoms with van der Waals surface area (Å²) >= 11 is 0. The second-order valence-corrected chi connectivity index (χ2v) is 10.8. The Bertz CT molecular complexity index is 2230. The molecule has 188 valence electrons. The van der Waals surface area contributed by atoms with Crippen LogP contribution in [0.1, 0.15) is 11.1 Å². The Morgan fingerprint density at radius 2 is 1.23 bits per heavy atom. The van der Waals surface area contributed by atoms with Gasteiger partial charge in [-0.3, -0.25) is 9.97 Å². The second kappa shape index (κ2) is 8.72. The fourth-order valence-corrected chi connectivity index (χ4v) is 6.42. The van der Waals surface area contributed by atoms with Gasteiger partial charge in [0.25, 0.3) is 0 Å². The highest BCUT2D eigenvalue weighted by Gasteiger charge is 2.17. The molecule has 2 nitrogen and oxygen atoms in total. The zero-order valence-electron chi connectivity index (χ0n) is 22.4. The highest BCUT2D eigenvalue weighted by Crippen LogP contribution is 2.44. The van der Waals surface area contributed by atoms with E-state index in [0.29, 0.717) is 0 Å². The number of para-hydroxylation sites is 1. The number of benzene rings is 6. The minimum atomic E-state index is 0.929. The van der Waals surface area contributed by atoms with E-state index in [1.165, 1.54) is 60.1 Å². The minimum absolute atomic E-state index is 0.929. The summed E-state index contributed by atoms with van der Waals surface area (Å²) in [5.41, 5.74) is 10.5. The molecule has 0 aliphatic rings. The summed E-state index contributed by atoms with van der Waals surface area (Å²) < 4.78 is 0. The van der Waals surface area contributed by atoms with E-state index in [9.17, 15) is 0 Å². The lowest BCUT2D eigenvalue weighted by molar-refractivity contribution is 1.31. The summed E-state index contributed by atoms with van der Waals surface area (Å²) in [6.45, 7) is 4.44. The number of nitrogens with zero attached hydrogens (tertiary/aromatic N) is 2. The monoisotopic (exact) mass is 510 g/mol. The van der Waals surface area contributed by atoms with Crippen LogP contribution in [0.3, 0.4) is 0 Å². The molecule has 0 atom stereocenters. The Kier molecular flexibility index (Phi) is 4.99. The predicted molar refractivity (Wildman–Crippen MR) is 169 cm³/mol. The lowest BCUT2D eigenvalue weighted by atomic mass is 9.85. The van der Waals surface area contributed by atoms with Gasteiger partial charge in [-0.05, 0) is 92.2 Å². The summed E-state index contributed by atoms with van der Waals surface area (Å²) in [6.07, 6.45) is 3.91. The van der Waals surface area contributed by atoms with Crippen molar-refractivity contribution in [3.8, 4) is 33.5 Å². The van der Waals surface area contributed by atoms with Crippen molar-refractivity contribution in [3.63, 3.8) is 0 Å². The molecule has 0 unspecified atom stereocenters. The molecular weight excluding hydrogens is 484 g/mol. The molecule has 0 amide bonds. The molecule has 0 radical (unpaired) electrons. The third kappa shape index (κ3) is 3.43. The van der Waals surface area contributed by atoms with Crippen LogP contribution in [0.2, 0.25) is 0 Å². The highest BCUT2D eigenvalue weighted by molar-refractivity contribution is 6.28. The number of aromatic nitrogens is 2.